The molecule has 0 spiro atoms. The molecule has 7 heteroatoms. The zero-order valence-corrected chi connectivity index (χ0v) is 15.3. The molecule has 1 saturated carbocycles. The molecule has 1 aliphatic carbocycles. The molecule has 2 N–H and O–H groups in total. The number of ether oxygens (including phenoxy) is 1. The molecule has 3 rings (SSSR count). The zero-order valence-electron chi connectivity index (χ0n) is 15.3. The van der Waals surface area contributed by atoms with Crippen molar-refractivity contribution in [1.82, 2.24) is 15.1 Å². The van der Waals surface area contributed by atoms with Gasteiger partial charge in [-0.2, -0.15) is 5.10 Å². The van der Waals surface area contributed by atoms with E-state index in [0.29, 0.717) is 36.1 Å². The fourth-order valence-electron chi connectivity index (χ4n) is 2.71. The number of aromatic nitrogens is 2. The van der Waals surface area contributed by atoms with Crippen LogP contribution in [0.1, 0.15) is 54.4 Å². The summed E-state index contributed by atoms with van der Waals surface area (Å²) >= 11 is 0. The summed E-state index contributed by atoms with van der Waals surface area (Å²) in [4.78, 5) is 25.7. The Morgan fingerprint density at radius 1 is 1.35 bits per heavy atom. The van der Waals surface area contributed by atoms with Crippen molar-refractivity contribution in [2.24, 2.45) is 0 Å². The fraction of sp³-hybridized carbons (Fsp3) is 0.421. The largest absolute Gasteiger partial charge is 0.492 e. The number of hydrogen-bond acceptors (Lipinski definition) is 4. The molecule has 2 aromatic rings. The number of rotatable bonds is 7. The van der Waals surface area contributed by atoms with Crippen LogP contribution < -0.4 is 10.1 Å². The number of aromatic amines is 1. The van der Waals surface area contributed by atoms with Gasteiger partial charge in [0.2, 0.25) is 0 Å². The molecule has 7 nitrogen and oxygen atoms in total. The Balaban J connectivity index is 1.68. The Kier molecular flexibility index (Phi) is 5.25. The molecule has 26 heavy (non-hydrogen) atoms. The van der Waals surface area contributed by atoms with E-state index < -0.39 is 0 Å². The van der Waals surface area contributed by atoms with Gasteiger partial charge in [0.1, 0.15) is 5.75 Å². The number of H-pyrrole nitrogens is 1. The van der Waals surface area contributed by atoms with Crippen LogP contribution in [0.3, 0.4) is 0 Å². The quantitative estimate of drug-likeness (QED) is 0.743. The van der Waals surface area contributed by atoms with Crippen LogP contribution in [0, 0.1) is 0 Å². The first-order valence-corrected chi connectivity index (χ1v) is 8.82. The number of ketones is 1. The number of nitrogens with zero attached hydrogens (tertiary/aromatic N) is 2. The van der Waals surface area contributed by atoms with Crippen LogP contribution in [0.2, 0.25) is 0 Å². The van der Waals surface area contributed by atoms with Crippen LogP contribution in [0.4, 0.5) is 10.5 Å². The fourth-order valence-corrected chi connectivity index (χ4v) is 2.71. The van der Waals surface area contributed by atoms with E-state index in [1.54, 1.807) is 30.1 Å². The van der Waals surface area contributed by atoms with Gasteiger partial charge in [-0.05, 0) is 51.0 Å². The summed E-state index contributed by atoms with van der Waals surface area (Å²) in [7, 11) is 1.71. The second-order valence-electron chi connectivity index (χ2n) is 6.58. The van der Waals surface area contributed by atoms with Crippen molar-refractivity contribution in [3.8, 4) is 5.75 Å². The number of amides is 2. The maximum absolute atomic E-state index is 12.5. The van der Waals surface area contributed by atoms with E-state index in [-0.39, 0.29) is 11.8 Å². The first kappa shape index (κ1) is 18.0. The van der Waals surface area contributed by atoms with Crippen LogP contribution in [-0.2, 0) is 6.54 Å². The smallest absolute Gasteiger partial charge is 0.322 e. The highest BCUT2D eigenvalue weighted by molar-refractivity contribution is 5.97. The van der Waals surface area contributed by atoms with Gasteiger partial charge in [-0.1, -0.05) is 0 Å². The highest BCUT2D eigenvalue weighted by Crippen LogP contribution is 2.39. The summed E-state index contributed by atoms with van der Waals surface area (Å²) in [5.74, 6) is 1.04. The monoisotopic (exact) mass is 356 g/mol. The van der Waals surface area contributed by atoms with E-state index in [2.05, 4.69) is 15.5 Å². The molecule has 0 unspecified atom stereocenters. The maximum Gasteiger partial charge on any atom is 0.322 e. The first-order valence-electron chi connectivity index (χ1n) is 8.82. The Morgan fingerprint density at radius 2 is 2.12 bits per heavy atom. The summed E-state index contributed by atoms with van der Waals surface area (Å²) in [6.07, 6.45) is 2.38. The van der Waals surface area contributed by atoms with Crippen molar-refractivity contribution >= 4 is 17.5 Å². The molecule has 1 heterocycles. The van der Waals surface area contributed by atoms with E-state index in [9.17, 15) is 9.59 Å². The number of nitrogens with one attached hydrogen (secondary N) is 2. The van der Waals surface area contributed by atoms with Crippen LogP contribution in [0.15, 0.2) is 24.3 Å². The number of Topliss-reactive ketones (excluding diaryl/α,β-unsaturated/α-hetero) is 1. The van der Waals surface area contributed by atoms with Gasteiger partial charge in [-0.15, -0.1) is 0 Å². The van der Waals surface area contributed by atoms with Gasteiger partial charge in [0.05, 0.1) is 30.2 Å². The van der Waals surface area contributed by atoms with Crippen molar-refractivity contribution in [2.75, 3.05) is 19.0 Å². The van der Waals surface area contributed by atoms with Gasteiger partial charge in [-0.3, -0.25) is 9.89 Å². The number of anilines is 1. The predicted molar refractivity (Wildman–Crippen MR) is 98.7 cm³/mol. The molecule has 1 fully saturated rings. The lowest BCUT2D eigenvalue weighted by molar-refractivity contribution is 0.101. The van der Waals surface area contributed by atoms with E-state index in [0.717, 1.165) is 11.4 Å². The lowest BCUT2D eigenvalue weighted by Crippen LogP contribution is -2.31. The lowest BCUT2D eigenvalue weighted by Gasteiger charge is -2.19. The minimum Gasteiger partial charge on any atom is -0.492 e. The van der Waals surface area contributed by atoms with Gasteiger partial charge in [0.25, 0.3) is 0 Å². The average molecular weight is 356 g/mol. The van der Waals surface area contributed by atoms with Gasteiger partial charge >= 0.3 is 6.03 Å². The number of urea groups is 1. The molecule has 138 valence electrons. The zero-order chi connectivity index (χ0) is 18.7. The molecule has 0 saturated heterocycles. The van der Waals surface area contributed by atoms with E-state index >= 15 is 0 Å². The van der Waals surface area contributed by atoms with Gasteiger partial charge in [0.15, 0.2) is 5.78 Å². The summed E-state index contributed by atoms with van der Waals surface area (Å²) in [6.45, 7) is 4.24. The van der Waals surface area contributed by atoms with Crippen LogP contribution >= 0.6 is 0 Å². The summed E-state index contributed by atoms with van der Waals surface area (Å²) in [6, 6.07) is 6.77. The minimum atomic E-state index is -0.283. The third-order valence-electron chi connectivity index (χ3n) is 4.33. The number of benzene rings is 1. The van der Waals surface area contributed by atoms with Crippen LogP contribution in [0.5, 0.6) is 5.75 Å². The molecule has 0 aliphatic heterocycles. The first-order chi connectivity index (χ1) is 12.5. The molecular formula is C19H24N4O3. The van der Waals surface area contributed by atoms with Crippen molar-refractivity contribution < 1.29 is 14.3 Å². The highest BCUT2D eigenvalue weighted by atomic mass is 16.5. The molecule has 1 aromatic carbocycles. The Bertz CT molecular complexity index is 811. The Morgan fingerprint density at radius 3 is 2.77 bits per heavy atom. The molecule has 1 aromatic heterocycles. The normalized spacial score (nSPS) is 13.3. The second-order valence-corrected chi connectivity index (χ2v) is 6.58. The Hall–Kier alpha value is -2.83. The Labute approximate surface area is 152 Å². The minimum absolute atomic E-state index is 0.0676. The molecule has 2 amide bonds. The molecule has 0 atom stereocenters. The van der Waals surface area contributed by atoms with Gasteiger partial charge in [-0.25, -0.2) is 4.79 Å². The van der Waals surface area contributed by atoms with Crippen LogP contribution in [-0.4, -0.2) is 40.6 Å². The van der Waals surface area contributed by atoms with Crippen LogP contribution in [0.25, 0.3) is 0 Å². The molecular weight excluding hydrogens is 332 g/mol. The number of carbonyl (C=O) groups excluding carboxylic acids is 2. The van der Waals surface area contributed by atoms with Gasteiger partial charge in [0, 0.05) is 18.5 Å². The van der Waals surface area contributed by atoms with Crippen molar-refractivity contribution in [1.29, 1.82) is 0 Å². The number of carbonyl (C=O) groups is 2. The van der Waals surface area contributed by atoms with Crippen molar-refractivity contribution in [3.63, 3.8) is 0 Å². The second kappa shape index (κ2) is 7.59. The summed E-state index contributed by atoms with van der Waals surface area (Å²) in [5, 5.41) is 10.1. The topological polar surface area (TPSA) is 87.3 Å². The molecule has 0 radical (unpaired) electrons. The average Bonchev–Trinajstić information content (AvgIpc) is 3.36. The summed E-state index contributed by atoms with van der Waals surface area (Å²) < 4.78 is 5.55. The van der Waals surface area contributed by atoms with Gasteiger partial charge < -0.3 is 15.0 Å². The van der Waals surface area contributed by atoms with Crippen molar-refractivity contribution in [2.45, 2.75) is 39.2 Å². The summed E-state index contributed by atoms with van der Waals surface area (Å²) in [5.41, 5.74) is 2.97. The van der Waals surface area contributed by atoms with Crippen molar-refractivity contribution in [3.05, 3.63) is 41.2 Å². The SMILES string of the molecule is CCOc1ccc(C(C)=O)cc1NC(=O)N(C)Cc1cc(C2CC2)n[nH]1. The molecule has 0 bridgehead atoms. The third kappa shape index (κ3) is 4.22. The van der Waals surface area contributed by atoms with E-state index in [1.165, 1.54) is 19.8 Å². The highest BCUT2D eigenvalue weighted by Gasteiger charge is 2.26. The predicted octanol–water partition coefficient (Wildman–Crippen LogP) is 3.55. The number of hydrogen-bond donors (Lipinski definition) is 2. The standard InChI is InChI=1S/C19H24N4O3/c1-4-26-18-8-7-14(12(2)24)9-17(18)20-19(25)23(3)11-15-10-16(22-21-15)13-5-6-13/h7-10,13H,4-6,11H2,1-3H3,(H,20,25)(H,21,22). The maximum atomic E-state index is 12.5. The lowest BCUT2D eigenvalue weighted by atomic mass is 10.1. The van der Waals surface area contributed by atoms with E-state index in [4.69, 9.17) is 4.74 Å². The molecule has 1 aliphatic rings. The van der Waals surface area contributed by atoms with E-state index in [1.807, 2.05) is 13.0 Å². The third-order valence-corrected chi connectivity index (χ3v) is 4.33.